The van der Waals surface area contributed by atoms with E-state index in [9.17, 15) is 18.0 Å². The number of hydrogen-bond acceptors (Lipinski definition) is 3. The van der Waals surface area contributed by atoms with E-state index in [2.05, 4.69) is 5.32 Å². The monoisotopic (exact) mass is 352 g/mol. The Hall–Kier alpha value is -2.54. The lowest BCUT2D eigenvalue weighted by atomic mass is 10.2. The third-order valence-corrected chi connectivity index (χ3v) is 3.64. The fourth-order valence-corrected chi connectivity index (χ4v) is 2.33. The molecular formula is C18H19F3N2O2. The molecule has 0 aliphatic heterocycles. The van der Waals surface area contributed by atoms with Gasteiger partial charge in [-0.25, -0.2) is 13.2 Å². The van der Waals surface area contributed by atoms with Crippen LogP contribution in [0.5, 0.6) is 5.75 Å². The standard InChI is InChI=1S/C18H19F3N2O2/c1-3-23(10-12-4-7-17(25-2)15(21)8-12)11-18(24)22-16-9-13(19)5-6-14(16)20/h4-9H,3,10-11H2,1-2H3,(H,22,24). The van der Waals surface area contributed by atoms with Crippen LogP contribution >= 0.6 is 0 Å². The summed E-state index contributed by atoms with van der Waals surface area (Å²) in [5.74, 6) is -2.18. The van der Waals surface area contributed by atoms with Crippen LogP contribution in [0.2, 0.25) is 0 Å². The van der Waals surface area contributed by atoms with Crippen LogP contribution in [-0.4, -0.2) is 31.0 Å². The molecule has 1 N–H and O–H groups in total. The summed E-state index contributed by atoms with van der Waals surface area (Å²) in [6.45, 7) is 2.65. The van der Waals surface area contributed by atoms with Gasteiger partial charge in [0, 0.05) is 12.6 Å². The lowest BCUT2D eigenvalue weighted by Crippen LogP contribution is -2.33. The van der Waals surface area contributed by atoms with Gasteiger partial charge < -0.3 is 10.1 Å². The molecule has 2 aromatic rings. The zero-order chi connectivity index (χ0) is 18.4. The second-order valence-electron chi connectivity index (χ2n) is 5.44. The molecule has 0 heterocycles. The first-order valence-electron chi connectivity index (χ1n) is 7.72. The van der Waals surface area contributed by atoms with Crippen molar-refractivity contribution < 1.29 is 22.7 Å². The van der Waals surface area contributed by atoms with Crippen LogP contribution < -0.4 is 10.1 Å². The second-order valence-corrected chi connectivity index (χ2v) is 5.44. The number of nitrogens with zero attached hydrogens (tertiary/aromatic N) is 1. The molecule has 0 bridgehead atoms. The minimum absolute atomic E-state index is 0.0416. The Morgan fingerprint density at radius 1 is 1.12 bits per heavy atom. The average molecular weight is 352 g/mol. The van der Waals surface area contributed by atoms with E-state index in [4.69, 9.17) is 4.74 Å². The first-order chi connectivity index (χ1) is 11.9. The van der Waals surface area contributed by atoms with Gasteiger partial charge in [-0.05, 0) is 36.4 Å². The number of amides is 1. The van der Waals surface area contributed by atoms with Crippen molar-refractivity contribution in [2.24, 2.45) is 0 Å². The molecule has 134 valence electrons. The van der Waals surface area contributed by atoms with Crippen LogP contribution in [0.15, 0.2) is 36.4 Å². The van der Waals surface area contributed by atoms with Crippen molar-refractivity contribution in [3.63, 3.8) is 0 Å². The van der Waals surface area contributed by atoms with Gasteiger partial charge in [-0.15, -0.1) is 0 Å². The molecule has 4 nitrogen and oxygen atoms in total. The minimum Gasteiger partial charge on any atom is -0.494 e. The molecule has 0 saturated heterocycles. The van der Waals surface area contributed by atoms with Gasteiger partial charge in [0.2, 0.25) is 5.91 Å². The van der Waals surface area contributed by atoms with Gasteiger partial charge in [0.1, 0.15) is 11.6 Å². The average Bonchev–Trinajstić information content (AvgIpc) is 2.57. The number of likely N-dealkylation sites (N-methyl/N-ethyl adjacent to an activating group) is 1. The van der Waals surface area contributed by atoms with Crippen molar-refractivity contribution in [2.45, 2.75) is 13.5 Å². The van der Waals surface area contributed by atoms with E-state index in [1.807, 2.05) is 6.92 Å². The molecule has 7 heteroatoms. The van der Waals surface area contributed by atoms with Crippen LogP contribution in [0.4, 0.5) is 18.9 Å². The molecule has 2 aromatic carbocycles. The summed E-state index contributed by atoms with van der Waals surface area (Å²) in [5.41, 5.74) is 0.460. The molecule has 0 atom stereocenters. The molecule has 0 spiro atoms. The molecule has 0 aliphatic rings. The summed E-state index contributed by atoms with van der Waals surface area (Å²) in [6, 6.07) is 7.40. The number of carbonyl (C=O) groups excluding carboxylic acids is 1. The van der Waals surface area contributed by atoms with Crippen molar-refractivity contribution >= 4 is 11.6 Å². The summed E-state index contributed by atoms with van der Waals surface area (Å²) in [7, 11) is 1.38. The van der Waals surface area contributed by atoms with E-state index in [0.29, 0.717) is 18.7 Å². The van der Waals surface area contributed by atoms with E-state index >= 15 is 0 Å². The summed E-state index contributed by atoms with van der Waals surface area (Å²) in [6.07, 6.45) is 0. The van der Waals surface area contributed by atoms with Crippen LogP contribution in [0.25, 0.3) is 0 Å². The zero-order valence-electron chi connectivity index (χ0n) is 14.0. The van der Waals surface area contributed by atoms with E-state index in [1.54, 1.807) is 11.0 Å². The fourth-order valence-electron chi connectivity index (χ4n) is 2.33. The predicted molar refractivity (Wildman–Crippen MR) is 88.9 cm³/mol. The van der Waals surface area contributed by atoms with Crippen molar-refractivity contribution in [1.82, 2.24) is 4.90 Å². The molecule has 0 radical (unpaired) electrons. The molecule has 0 aromatic heterocycles. The molecule has 1 amide bonds. The highest BCUT2D eigenvalue weighted by atomic mass is 19.1. The number of halogens is 3. The molecular weight excluding hydrogens is 333 g/mol. The SMILES string of the molecule is CCN(CC(=O)Nc1cc(F)ccc1F)Cc1ccc(OC)c(F)c1. The smallest absolute Gasteiger partial charge is 0.238 e. The minimum atomic E-state index is -0.713. The van der Waals surface area contributed by atoms with Crippen LogP contribution in [0.3, 0.4) is 0 Å². The van der Waals surface area contributed by atoms with Crippen molar-refractivity contribution in [1.29, 1.82) is 0 Å². The molecule has 25 heavy (non-hydrogen) atoms. The molecule has 0 unspecified atom stereocenters. The normalized spacial score (nSPS) is 10.8. The number of nitrogens with one attached hydrogen (secondary N) is 1. The number of ether oxygens (including phenoxy) is 1. The maximum Gasteiger partial charge on any atom is 0.238 e. The first-order valence-corrected chi connectivity index (χ1v) is 7.72. The Kier molecular flexibility index (Phi) is 6.41. The zero-order valence-corrected chi connectivity index (χ0v) is 14.0. The lowest BCUT2D eigenvalue weighted by molar-refractivity contribution is -0.117. The third-order valence-electron chi connectivity index (χ3n) is 3.64. The van der Waals surface area contributed by atoms with Gasteiger partial charge in [0.05, 0.1) is 19.3 Å². The highest BCUT2D eigenvalue weighted by molar-refractivity contribution is 5.92. The van der Waals surface area contributed by atoms with Gasteiger partial charge in [-0.2, -0.15) is 0 Å². The van der Waals surface area contributed by atoms with Gasteiger partial charge in [0.15, 0.2) is 11.6 Å². The Bertz CT molecular complexity index is 753. The first kappa shape index (κ1) is 18.8. The van der Waals surface area contributed by atoms with Crippen molar-refractivity contribution in [3.8, 4) is 5.75 Å². The largest absolute Gasteiger partial charge is 0.494 e. The van der Waals surface area contributed by atoms with E-state index in [-0.39, 0.29) is 18.0 Å². The summed E-state index contributed by atoms with van der Waals surface area (Å²) < 4.78 is 45.3. The Morgan fingerprint density at radius 3 is 2.52 bits per heavy atom. The van der Waals surface area contributed by atoms with Gasteiger partial charge in [-0.3, -0.25) is 9.69 Å². The summed E-state index contributed by atoms with van der Waals surface area (Å²) in [5, 5.41) is 2.34. The molecule has 0 aliphatic carbocycles. The number of carbonyl (C=O) groups is 1. The Labute approximate surface area is 144 Å². The Balaban J connectivity index is 2.00. The van der Waals surface area contributed by atoms with Crippen LogP contribution in [-0.2, 0) is 11.3 Å². The van der Waals surface area contributed by atoms with E-state index < -0.39 is 23.4 Å². The quantitative estimate of drug-likeness (QED) is 0.828. The highest BCUT2D eigenvalue weighted by Crippen LogP contribution is 2.19. The number of methoxy groups -OCH3 is 1. The number of benzene rings is 2. The number of rotatable bonds is 7. The summed E-state index contributed by atoms with van der Waals surface area (Å²) in [4.78, 5) is 13.8. The van der Waals surface area contributed by atoms with E-state index in [0.717, 1.165) is 18.2 Å². The summed E-state index contributed by atoms with van der Waals surface area (Å²) >= 11 is 0. The maximum atomic E-state index is 13.7. The molecule has 0 fully saturated rings. The van der Waals surface area contributed by atoms with Crippen LogP contribution in [0, 0.1) is 17.5 Å². The second kappa shape index (κ2) is 8.53. The Morgan fingerprint density at radius 2 is 1.88 bits per heavy atom. The van der Waals surface area contributed by atoms with Gasteiger partial charge in [-0.1, -0.05) is 13.0 Å². The lowest BCUT2D eigenvalue weighted by Gasteiger charge is -2.20. The highest BCUT2D eigenvalue weighted by Gasteiger charge is 2.13. The number of hydrogen-bond donors (Lipinski definition) is 1. The maximum absolute atomic E-state index is 13.7. The fraction of sp³-hybridized carbons (Fsp3) is 0.278. The van der Waals surface area contributed by atoms with Gasteiger partial charge in [0.25, 0.3) is 0 Å². The van der Waals surface area contributed by atoms with Gasteiger partial charge >= 0.3 is 0 Å². The number of anilines is 1. The van der Waals surface area contributed by atoms with Crippen LogP contribution in [0.1, 0.15) is 12.5 Å². The predicted octanol–water partition coefficient (Wildman–Crippen LogP) is 3.57. The molecule has 0 saturated carbocycles. The van der Waals surface area contributed by atoms with Crippen molar-refractivity contribution in [3.05, 3.63) is 59.4 Å². The van der Waals surface area contributed by atoms with Crippen molar-refractivity contribution in [2.75, 3.05) is 25.5 Å². The van der Waals surface area contributed by atoms with E-state index in [1.165, 1.54) is 19.2 Å². The molecule has 2 rings (SSSR count). The topological polar surface area (TPSA) is 41.6 Å². The third kappa shape index (κ3) is 5.22.